The largest absolute Gasteiger partial charge is 0.550 e. The Labute approximate surface area is 136 Å². The van der Waals surface area contributed by atoms with Crippen molar-refractivity contribution < 1.29 is 18.3 Å². The minimum absolute atomic E-state index is 0.0647. The molecule has 0 saturated carbocycles. The number of nitrogens with zero attached hydrogens (tertiary/aromatic N) is 1. The van der Waals surface area contributed by atoms with E-state index in [1.807, 2.05) is 6.07 Å². The molecule has 0 amide bonds. The van der Waals surface area contributed by atoms with Crippen LogP contribution in [0.4, 0.5) is 0 Å². The van der Waals surface area contributed by atoms with Crippen molar-refractivity contribution in [1.29, 1.82) is 0 Å². The molecule has 0 aromatic heterocycles. The number of carbonyl (C=O) groups excluding carboxylic acids is 1. The number of benzene rings is 2. The summed E-state index contributed by atoms with van der Waals surface area (Å²) in [7, 11) is -2.21. The Morgan fingerprint density at radius 1 is 1.04 bits per heavy atom. The van der Waals surface area contributed by atoms with Crippen LogP contribution < -0.4 is 5.11 Å². The molecular formula is C17H18NO4S-. The van der Waals surface area contributed by atoms with Gasteiger partial charge in [0.2, 0.25) is 10.0 Å². The minimum atomic E-state index is -3.66. The Morgan fingerprint density at radius 2 is 1.57 bits per heavy atom. The summed E-state index contributed by atoms with van der Waals surface area (Å²) in [5.41, 5.74) is 0.770. The van der Waals surface area contributed by atoms with Crippen molar-refractivity contribution in [2.75, 3.05) is 13.6 Å². The number of carboxylic acid groups (broad SMARTS) is 1. The monoisotopic (exact) mass is 332 g/mol. The molecule has 0 spiro atoms. The fourth-order valence-electron chi connectivity index (χ4n) is 2.40. The van der Waals surface area contributed by atoms with Crippen LogP contribution in [0.15, 0.2) is 65.6 Å². The Morgan fingerprint density at radius 3 is 2.09 bits per heavy atom. The molecule has 2 aromatic rings. The first kappa shape index (κ1) is 17.2. The zero-order valence-electron chi connectivity index (χ0n) is 12.8. The van der Waals surface area contributed by atoms with Gasteiger partial charge >= 0.3 is 0 Å². The first-order chi connectivity index (χ1) is 10.9. The van der Waals surface area contributed by atoms with Crippen molar-refractivity contribution in [1.82, 2.24) is 4.31 Å². The molecule has 0 saturated heterocycles. The lowest BCUT2D eigenvalue weighted by atomic mass is 9.96. The standard InChI is InChI=1S/C17H19NO4S/c1-18(23(21,22)16-10-6-3-7-11-16)13-15(12-17(19)20)14-8-4-2-5-9-14/h2-11,15H,12-13H2,1H3,(H,19,20)/p-1/t15-/m0/s1. The van der Waals surface area contributed by atoms with E-state index in [1.54, 1.807) is 42.5 Å². The summed E-state index contributed by atoms with van der Waals surface area (Å²) in [6.45, 7) is 0.0647. The molecule has 0 unspecified atom stereocenters. The number of hydrogen-bond donors (Lipinski definition) is 0. The van der Waals surface area contributed by atoms with E-state index in [1.165, 1.54) is 23.5 Å². The number of carbonyl (C=O) groups is 1. The second-order valence-electron chi connectivity index (χ2n) is 5.28. The molecule has 23 heavy (non-hydrogen) atoms. The highest BCUT2D eigenvalue weighted by Crippen LogP contribution is 2.23. The van der Waals surface area contributed by atoms with Crippen LogP contribution in [0.3, 0.4) is 0 Å². The van der Waals surface area contributed by atoms with Crippen molar-refractivity contribution in [3.8, 4) is 0 Å². The predicted molar refractivity (Wildman–Crippen MR) is 85.1 cm³/mol. The van der Waals surface area contributed by atoms with E-state index in [2.05, 4.69) is 0 Å². The lowest BCUT2D eigenvalue weighted by molar-refractivity contribution is -0.306. The van der Waals surface area contributed by atoms with Gasteiger partial charge in [-0.05, 0) is 24.1 Å². The van der Waals surface area contributed by atoms with Crippen LogP contribution in [0.2, 0.25) is 0 Å². The molecule has 0 aliphatic carbocycles. The first-order valence-electron chi connectivity index (χ1n) is 7.17. The molecule has 2 aromatic carbocycles. The quantitative estimate of drug-likeness (QED) is 0.764. The molecule has 0 heterocycles. The van der Waals surface area contributed by atoms with E-state index in [0.29, 0.717) is 0 Å². The number of carboxylic acids is 1. The average Bonchev–Trinajstić information content (AvgIpc) is 2.55. The van der Waals surface area contributed by atoms with Gasteiger partial charge in [0, 0.05) is 25.5 Å². The normalized spacial score (nSPS) is 13.0. The van der Waals surface area contributed by atoms with Crippen molar-refractivity contribution >= 4 is 16.0 Å². The molecule has 2 rings (SSSR count). The summed E-state index contributed by atoms with van der Waals surface area (Å²) in [4.78, 5) is 11.2. The molecule has 0 radical (unpaired) electrons. The van der Waals surface area contributed by atoms with Crippen LogP contribution >= 0.6 is 0 Å². The Kier molecular flexibility index (Phi) is 5.52. The van der Waals surface area contributed by atoms with Gasteiger partial charge in [0.1, 0.15) is 0 Å². The van der Waals surface area contributed by atoms with Gasteiger partial charge in [-0.15, -0.1) is 0 Å². The van der Waals surface area contributed by atoms with Crippen LogP contribution in [0.5, 0.6) is 0 Å². The maximum absolute atomic E-state index is 12.5. The number of sulfonamides is 1. The van der Waals surface area contributed by atoms with Gasteiger partial charge in [0.15, 0.2) is 0 Å². The number of hydrogen-bond acceptors (Lipinski definition) is 4. The number of rotatable bonds is 7. The summed E-state index contributed by atoms with van der Waals surface area (Å²) >= 11 is 0. The Hall–Kier alpha value is -2.18. The minimum Gasteiger partial charge on any atom is -0.550 e. The van der Waals surface area contributed by atoms with E-state index >= 15 is 0 Å². The third kappa shape index (κ3) is 4.40. The lowest BCUT2D eigenvalue weighted by Crippen LogP contribution is -2.34. The van der Waals surface area contributed by atoms with E-state index in [0.717, 1.165) is 5.56 Å². The van der Waals surface area contributed by atoms with Gasteiger partial charge in [-0.3, -0.25) is 0 Å². The van der Waals surface area contributed by atoms with Crippen LogP contribution in [-0.2, 0) is 14.8 Å². The SMILES string of the molecule is CN(C[C@H](CC(=O)[O-])c1ccccc1)S(=O)(=O)c1ccccc1. The summed E-state index contributed by atoms with van der Waals surface area (Å²) < 4.78 is 26.3. The summed E-state index contributed by atoms with van der Waals surface area (Å²) in [6, 6.07) is 17.1. The van der Waals surface area contributed by atoms with Crippen molar-refractivity contribution in [3.63, 3.8) is 0 Å². The van der Waals surface area contributed by atoms with Crippen molar-refractivity contribution in [2.45, 2.75) is 17.2 Å². The molecule has 0 bridgehead atoms. The highest BCUT2D eigenvalue weighted by molar-refractivity contribution is 7.89. The summed E-state index contributed by atoms with van der Waals surface area (Å²) in [6.07, 6.45) is -0.237. The third-order valence-corrected chi connectivity index (χ3v) is 5.45. The topological polar surface area (TPSA) is 77.5 Å². The maximum atomic E-state index is 12.5. The number of likely N-dealkylation sites (N-methyl/N-ethyl adjacent to an activating group) is 1. The molecule has 6 heteroatoms. The molecule has 5 nitrogen and oxygen atoms in total. The summed E-state index contributed by atoms with van der Waals surface area (Å²) in [5, 5.41) is 11.0. The van der Waals surface area contributed by atoms with E-state index in [4.69, 9.17) is 0 Å². The zero-order valence-corrected chi connectivity index (χ0v) is 13.6. The van der Waals surface area contributed by atoms with Gasteiger partial charge in [-0.2, -0.15) is 0 Å². The Balaban J connectivity index is 2.24. The van der Waals surface area contributed by atoms with Crippen LogP contribution in [-0.4, -0.2) is 32.3 Å². The highest BCUT2D eigenvalue weighted by Gasteiger charge is 2.24. The highest BCUT2D eigenvalue weighted by atomic mass is 32.2. The fourth-order valence-corrected chi connectivity index (χ4v) is 3.63. The molecule has 1 atom stereocenters. The average molecular weight is 332 g/mol. The van der Waals surface area contributed by atoms with Crippen LogP contribution in [0, 0.1) is 0 Å². The molecule has 0 N–H and O–H groups in total. The number of aliphatic carboxylic acids is 1. The van der Waals surface area contributed by atoms with Gasteiger partial charge in [-0.1, -0.05) is 48.5 Å². The van der Waals surface area contributed by atoms with Gasteiger partial charge in [0.05, 0.1) is 4.90 Å². The zero-order chi connectivity index (χ0) is 16.9. The van der Waals surface area contributed by atoms with Gasteiger partial charge < -0.3 is 9.90 Å². The van der Waals surface area contributed by atoms with E-state index in [-0.39, 0.29) is 17.9 Å². The van der Waals surface area contributed by atoms with Crippen molar-refractivity contribution in [2.24, 2.45) is 0 Å². The smallest absolute Gasteiger partial charge is 0.242 e. The van der Waals surface area contributed by atoms with E-state index in [9.17, 15) is 18.3 Å². The molecule has 0 fully saturated rings. The predicted octanol–water partition coefficient (Wildman–Crippen LogP) is 1.23. The first-order valence-corrected chi connectivity index (χ1v) is 8.61. The summed E-state index contributed by atoms with van der Waals surface area (Å²) in [5.74, 6) is -1.67. The third-order valence-electron chi connectivity index (χ3n) is 3.61. The second kappa shape index (κ2) is 7.39. The molecule has 0 aliphatic heterocycles. The van der Waals surface area contributed by atoms with Crippen molar-refractivity contribution in [3.05, 3.63) is 66.2 Å². The molecule has 0 aliphatic rings. The lowest BCUT2D eigenvalue weighted by Gasteiger charge is -2.24. The maximum Gasteiger partial charge on any atom is 0.242 e. The second-order valence-corrected chi connectivity index (χ2v) is 7.33. The molecule has 122 valence electrons. The van der Waals surface area contributed by atoms with Crippen LogP contribution in [0.25, 0.3) is 0 Å². The molecular weight excluding hydrogens is 314 g/mol. The Bertz CT molecular complexity index is 745. The van der Waals surface area contributed by atoms with E-state index < -0.39 is 21.9 Å². The van der Waals surface area contributed by atoms with Crippen LogP contribution in [0.1, 0.15) is 17.9 Å². The van der Waals surface area contributed by atoms with Gasteiger partial charge in [0.25, 0.3) is 0 Å². The van der Waals surface area contributed by atoms with Gasteiger partial charge in [-0.25, -0.2) is 12.7 Å². The fraction of sp³-hybridized carbons (Fsp3) is 0.235.